The van der Waals surface area contributed by atoms with E-state index in [0.717, 1.165) is 5.92 Å². The number of benzene rings is 1. The van der Waals surface area contributed by atoms with Crippen molar-refractivity contribution in [2.75, 3.05) is 20.1 Å². The summed E-state index contributed by atoms with van der Waals surface area (Å²) in [6.45, 7) is 8.90. The monoisotopic (exact) mass is 233 g/mol. The molecule has 0 aromatic heterocycles. The molecule has 1 aliphatic heterocycles. The van der Waals surface area contributed by atoms with E-state index < -0.39 is 0 Å². The lowest BCUT2D eigenvalue weighted by molar-refractivity contribution is 0.255. The lowest BCUT2D eigenvalue weighted by Crippen LogP contribution is -2.29. The number of hydrogen-bond acceptors (Lipinski definition) is 1. The topological polar surface area (TPSA) is 3.24 Å². The van der Waals surface area contributed by atoms with Gasteiger partial charge in [-0.1, -0.05) is 50.1 Å². The molecular formula is C16H27N. The molecule has 0 aliphatic carbocycles. The molecule has 1 aliphatic rings. The van der Waals surface area contributed by atoms with Crippen LogP contribution in [0.15, 0.2) is 24.3 Å². The number of piperidine rings is 1. The van der Waals surface area contributed by atoms with Crippen molar-refractivity contribution in [2.24, 2.45) is 0 Å². The van der Waals surface area contributed by atoms with Crippen molar-refractivity contribution in [3.8, 4) is 0 Å². The Bertz CT molecular complexity index is 294. The van der Waals surface area contributed by atoms with Gasteiger partial charge in [-0.3, -0.25) is 0 Å². The number of rotatable bonds is 1. The van der Waals surface area contributed by atoms with Crippen LogP contribution < -0.4 is 0 Å². The second kappa shape index (κ2) is 7.50. The molecule has 1 aromatic carbocycles. The summed E-state index contributed by atoms with van der Waals surface area (Å²) in [6.07, 6.45) is 3.89. The van der Waals surface area contributed by atoms with Gasteiger partial charge >= 0.3 is 0 Å². The lowest BCUT2D eigenvalue weighted by atomic mass is 9.89. The van der Waals surface area contributed by atoms with E-state index in [-0.39, 0.29) is 0 Å². The molecule has 1 nitrogen and oxygen atoms in total. The van der Waals surface area contributed by atoms with Crippen molar-refractivity contribution in [2.45, 2.75) is 46.0 Å². The maximum Gasteiger partial charge on any atom is -0.00159 e. The van der Waals surface area contributed by atoms with Crippen LogP contribution in [0.2, 0.25) is 0 Å². The average molecular weight is 233 g/mol. The van der Waals surface area contributed by atoms with Crippen LogP contribution in [0.1, 0.15) is 50.2 Å². The Labute approximate surface area is 107 Å². The lowest BCUT2D eigenvalue weighted by Gasteiger charge is -2.29. The third-order valence-corrected chi connectivity index (χ3v) is 3.27. The minimum Gasteiger partial charge on any atom is -0.306 e. The fourth-order valence-corrected chi connectivity index (χ4v) is 2.18. The third-order valence-electron chi connectivity index (χ3n) is 3.27. The fraction of sp³-hybridized carbons (Fsp3) is 0.625. The van der Waals surface area contributed by atoms with Crippen LogP contribution in [0.5, 0.6) is 0 Å². The molecule has 0 radical (unpaired) electrons. The Balaban J connectivity index is 0.000000437. The Morgan fingerprint density at radius 1 is 1.06 bits per heavy atom. The highest BCUT2D eigenvalue weighted by Crippen LogP contribution is 2.27. The summed E-state index contributed by atoms with van der Waals surface area (Å²) in [5.41, 5.74) is 2.89. The molecule has 0 bridgehead atoms. The summed E-state index contributed by atoms with van der Waals surface area (Å²) in [4.78, 5) is 2.42. The van der Waals surface area contributed by atoms with Crippen LogP contribution in [0.25, 0.3) is 0 Å². The van der Waals surface area contributed by atoms with Gasteiger partial charge in [0.25, 0.3) is 0 Å². The summed E-state index contributed by atoms with van der Waals surface area (Å²) < 4.78 is 0. The first-order chi connectivity index (χ1) is 8.17. The molecule has 0 amide bonds. The molecule has 0 saturated carbocycles. The SMILES string of the molecule is CCC.Cc1ccc(C2CCN(C)CC2)cc1. The van der Waals surface area contributed by atoms with Crippen LogP contribution in [-0.4, -0.2) is 25.0 Å². The molecule has 1 saturated heterocycles. The standard InChI is InChI=1S/C13H19N.C3H8/c1-11-3-5-12(6-4-11)13-7-9-14(2)10-8-13;1-3-2/h3-6,13H,7-10H2,1-2H3;3H2,1-2H3. The van der Waals surface area contributed by atoms with E-state index in [1.807, 2.05) is 0 Å². The number of nitrogens with zero attached hydrogens (tertiary/aromatic N) is 1. The van der Waals surface area contributed by atoms with E-state index >= 15 is 0 Å². The van der Waals surface area contributed by atoms with E-state index in [0.29, 0.717) is 0 Å². The molecule has 1 aromatic rings. The van der Waals surface area contributed by atoms with E-state index in [9.17, 15) is 0 Å². The second-order valence-electron chi connectivity index (χ2n) is 5.20. The highest BCUT2D eigenvalue weighted by molar-refractivity contribution is 5.24. The highest BCUT2D eigenvalue weighted by atomic mass is 15.1. The minimum atomic E-state index is 0.798. The van der Waals surface area contributed by atoms with Gasteiger partial charge in [0.2, 0.25) is 0 Å². The predicted molar refractivity (Wildman–Crippen MR) is 76.6 cm³/mol. The molecule has 1 heterocycles. The molecule has 2 rings (SSSR count). The summed E-state index contributed by atoms with van der Waals surface area (Å²) in [5.74, 6) is 0.798. The zero-order chi connectivity index (χ0) is 12.7. The summed E-state index contributed by atoms with van der Waals surface area (Å²) in [7, 11) is 2.21. The van der Waals surface area contributed by atoms with Crippen molar-refractivity contribution in [1.82, 2.24) is 4.90 Å². The van der Waals surface area contributed by atoms with Gasteiger partial charge in [-0.15, -0.1) is 0 Å². The molecule has 1 fully saturated rings. The van der Waals surface area contributed by atoms with Crippen LogP contribution in [-0.2, 0) is 0 Å². The van der Waals surface area contributed by atoms with Gasteiger partial charge in [0.1, 0.15) is 0 Å². The molecule has 17 heavy (non-hydrogen) atoms. The molecule has 1 heteroatoms. The Morgan fingerprint density at radius 2 is 1.53 bits per heavy atom. The van der Waals surface area contributed by atoms with Gasteiger partial charge in [-0.05, 0) is 51.4 Å². The number of likely N-dealkylation sites (tertiary alicyclic amines) is 1. The van der Waals surface area contributed by atoms with Crippen molar-refractivity contribution in [1.29, 1.82) is 0 Å². The number of hydrogen-bond donors (Lipinski definition) is 0. The zero-order valence-corrected chi connectivity index (χ0v) is 11.9. The maximum absolute atomic E-state index is 2.42. The van der Waals surface area contributed by atoms with Crippen LogP contribution >= 0.6 is 0 Å². The second-order valence-corrected chi connectivity index (χ2v) is 5.20. The Hall–Kier alpha value is -0.820. The quantitative estimate of drug-likeness (QED) is 0.702. The number of aryl methyl sites for hydroxylation is 1. The molecule has 0 spiro atoms. The van der Waals surface area contributed by atoms with Gasteiger partial charge in [-0.2, -0.15) is 0 Å². The molecular weight excluding hydrogens is 206 g/mol. The first kappa shape index (κ1) is 14.2. The van der Waals surface area contributed by atoms with Gasteiger partial charge in [0.05, 0.1) is 0 Å². The van der Waals surface area contributed by atoms with E-state index in [1.54, 1.807) is 0 Å². The zero-order valence-electron chi connectivity index (χ0n) is 11.9. The normalized spacial score (nSPS) is 17.4. The highest BCUT2D eigenvalue weighted by Gasteiger charge is 2.17. The predicted octanol–water partition coefficient (Wildman–Crippen LogP) is 4.22. The average Bonchev–Trinajstić information content (AvgIpc) is 2.32. The first-order valence-corrected chi connectivity index (χ1v) is 6.92. The van der Waals surface area contributed by atoms with Gasteiger partial charge in [0, 0.05) is 0 Å². The van der Waals surface area contributed by atoms with Crippen molar-refractivity contribution < 1.29 is 0 Å². The van der Waals surface area contributed by atoms with E-state index in [1.165, 1.54) is 43.5 Å². The molecule has 0 N–H and O–H groups in total. The summed E-state index contributed by atoms with van der Waals surface area (Å²) >= 11 is 0. The van der Waals surface area contributed by atoms with Crippen LogP contribution in [0.4, 0.5) is 0 Å². The van der Waals surface area contributed by atoms with Crippen LogP contribution in [0, 0.1) is 6.92 Å². The van der Waals surface area contributed by atoms with Crippen molar-refractivity contribution >= 4 is 0 Å². The molecule has 96 valence electrons. The van der Waals surface area contributed by atoms with Gasteiger partial charge in [-0.25, -0.2) is 0 Å². The van der Waals surface area contributed by atoms with E-state index in [2.05, 4.69) is 57.0 Å². The fourth-order valence-electron chi connectivity index (χ4n) is 2.18. The molecule has 0 atom stereocenters. The van der Waals surface area contributed by atoms with Gasteiger partial charge in [0.15, 0.2) is 0 Å². The molecule has 0 unspecified atom stereocenters. The van der Waals surface area contributed by atoms with Crippen LogP contribution in [0.3, 0.4) is 0 Å². The van der Waals surface area contributed by atoms with Crippen molar-refractivity contribution in [3.05, 3.63) is 35.4 Å². The summed E-state index contributed by atoms with van der Waals surface area (Å²) in [5, 5.41) is 0. The van der Waals surface area contributed by atoms with Crippen molar-refractivity contribution in [3.63, 3.8) is 0 Å². The van der Waals surface area contributed by atoms with Gasteiger partial charge < -0.3 is 4.90 Å². The van der Waals surface area contributed by atoms with E-state index in [4.69, 9.17) is 0 Å². The largest absolute Gasteiger partial charge is 0.306 e. The Morgan fingerprint density at radius 3 is 2.00 bits per heavy atom. The smallest absolute Gasteiger partial charge is 0.00159 e. The summed E-state index contributed by atoms with van der Waals surface area (Å²) in [6, 6.07) is 9.05. The Kier molecular flexibility index (Phi) is 6.28. The first-order valence-electron chi connectivity index (χ1n) is 6.92. The maximum atomic E-state index is 2.42. The minimum absolute atomic E-state index is 0.798. The third kappa shape index (κ3) is 4.91.